The molecule has 0 aromatic heterocycles. The van der Waals surface area contributed by atoms with E-state index in [1.165, 1.54) is 0 Å². The minimum atomic E-state index is -0.592. The SMILES string of the molecule is CCC(C)(CO)NC(=O)Nc1ccccc1Br. The zero-order valence-corrected chi connectivity index (χ0v) is 11.5. The van der Waals surface area contributed by atoms with Crippen molar-refractivity contribution in [2.45, 2.75) is 25.8 Å². The number of rotatable bonds is 4. The van der Waals surface area contributed by atoms with Crippen LogP contribution in [0.4, 0.5) is 10.5 Å². The third-order valence-corrected chi connectivity index (χ3v) is 3.36. The molecule has 94 valence electrons. The molecule has 3 N–H and O–H groups in total. The van der Waals surface area contributed by atoms with Gasteiger partial charge in [0.2, 0.25) is 0 Å². The van der Waals surface area contributed by atoms with E-state index in [1.54, 1.807) is 13.0 Å². The molecule has 5 heteroatoms. The van der Waals surface area contributed by atoms with Gasteiger partial charge in [-0.3, -0.25) is 0 Å². The number of hydrogen-bond donors (Lipinski definition) is 3. The van der Waals surface area contributed by atoms with Gasteiger partial charge in [0.05, 0.1) is 17.8 Å². The number of urea groups is 1. The van der Waals surface area contributed by atoms with Crippen LogP contribution < -0.4 is 10.6 Å². The second kappa shape index (κ2) is 6.02. The summed E-state index contributed by atoms with van der Waals surface area (Å²) in [4.78, 5) is 11.7. The molecule has 1 aromatic carbocycles. The lowest BCUT2D eigenvalue weighted by Gasteiger charge is -2.27. The first kappa shape index (κ1) is 14.0. The monoisotopic (exact) mass is 300 g/mol. The van der Waals surface area contributed by atoms with Crippen LogP contribution in [0.2, 0.25) is 0 Å². The lowest BCUT2D eigenvalue weighted by atomic mass is 10.0. The van der Waals surface area contributed by atoms with Crippen LogP contribution in [-0.2, 0) is 0 Å². The van der Waals surface area contributed by atoms with Gasteiger partial charge in [0.15, 0.2) is 0 Å². The van der Waals surface area contributed by atoms with Crippen LogP contribution >= 0.6 is 15.9 Å². The maximum atomic E-state index is 11.7. The molecule has 1 atom stereocenters. The normalized spacial score (nSPS) is 13.9. The number of amides is 2. The third-order valence-electron chi connectivity index (χ3n) is 2.67. The van der Waals surface area contributed by atoms with Gasteiger partial charge in [-0.15, -0.1) is 0 Å². The zero-order chi connectivity index (χ0) is 12.9. The van der Waals surface area contributed by atoms with Crippen molar-refractivity contribution in [3.8, 4) is 0 Å². The average molecular weight is 301 g/mol. The molecular formula is C12H17BrN2O2. The Bertz CT molecular complexity index is 392. The maximum Gasteiger partial charge on any atom is 0.319 e. The van der Waals surface area contributed by atoms with Crippen molar-refractivity contribution in [2.24, 2.45) is 0 Å². The topological polar surface area (TPSA) is 61.4 Å². The Labute approximate surface area is 110 Å². The Balaban J connectivity index is 2.65. The number of para-hydroxylation sites is 1. The highest BCUT2D eigenvalue weighted by atomic mass is 79.9. The first-order valence-electron chi connectivity index (χ1n) is 5.45. The van der Waals surface area contributed by atoms with Crippen LogP contribution in [0.3, 0.4) is 0 Å². The van der Waals surface area contributed by atoms with E-state index in [4.69, 9.17) is 0 Å². The summed E-state index contributed by atoms with van der Waals surface area (Å²) in [6, 6.07) is 7.03. The second-order valence-electron chi connectivity index (χ2n) is 4.13. The molecule has 2 amide bonds. The summed E-state index contributed by atoms with van der Waals surface area (Å²) in [5.74, 6) is 0. The number of hydrogen-bond acceptors (Lipinski definition) is 2. The fourth-order valence-electron chi connectivity index (χ4n) is 1.23. The van der Waals surface area contributed by atoms with Crippen LogP contribution in [0.15, 0.2) is 28.7 Å². The van der Waals surface area contributed by atoms with Crippen molar-refractivity contribution in [1.82, 2.24) is 5.32 Å². The predicted octanol–water partition coefficient (Wildman–Crippen LogP) is 2.73. The summed E-state index contributed by atoms with van der Waals surface area (Å²) in [6.45, 7) is 3.62. The molecule has 0 heterocycles. The van der Waals surface area contributed by atoms with Gasteiger partial charge in [-0.1, -0.05) is 19.1 Å². The van der Waals surface area contributed by atoms with Gasteiger partial charge >= 0.3 is 6.03 Å². The van der Waals surface area contributed by atoms with Gasteiger partial charge in [0, 0.05) is 4.47 Å². The van der Waals surface area contributed by atoms with E-state index in [0.29, 0.717) is 12.1 Å². The Morgan fingerprint density at radius 2 is 2.12 bits per heavy atom. The molecule has 0 radical (unpaired) electrons. The molecule has 0 aliphatic carbocycles. The molecule has 1 unspecified atom stereocenters. The van der Waals surface area contributed by atoms with Crippen LogP contribution in [0.25, 0.3) is 0 Å². The molecule has 0 aliphatic heterocycles. The van der Waals surface area contributed by atoms with Crippen molar-refractivity contribution < 1.29 is 9.90 Å². The lowest BCUT2D eigenvalue weighted by molar-refractivity contribution is 0.172. The van der Waals surface area contributed by atoms with E-state index < -0.39 is 5.54 Å². The van der Waals surface area contributed by atoms with Crippen LogP contribution in [0.5, 0.6) is 0 Å². The molecule has 4 nitrogen and oxygen atoms in total. The average Bonchev–Trinajstić information content (AvgIpc) is 2.32. The molecule has 0 aliphatic rings. The van der Waals surface area contributed by atoms with E-state index >= 15 is 0 Å². The lowest BCUT2D eigenvalue weighted by Crippen LogP contribution is -2.50. The summed E-state index contributed by atoms with van der Waals surface area (Å²) in [6.07, 6.45) is 0.660. The van der Waals surface area contributed by atoms with E-state index in [1.807, 2.05) is 25.1 Å². The smallest absolute Gasteiger partial charge is 0.319 e. The fourth-order valence-corrected chi connectivity index (χ4v) is 1.61. The van der Waals surface area contributed by atoms with Crippen molar-refractivity contribution in [2.75, 3.05) is 11.9 Å². The van der Waals surface area contributed by atoms with E-state index in [0.717, 1.165) is 4.47 Å². The summed E-state index contributed by atoms with van der Waals surface area (Å²) in [5.41, 5.74) is 0.104. The molecule has 0 saturated heterocycles. The Morgan fingerprint density at radius 3 is 2.65 bits per heavy atom. The summed E-state index contributed by atoms with van der Waals surface area (Å²) in [7, 11) is 0. The number of benzene rings is 1. The van der Waals surface area contributed by atoms with Crippen molar-refractivity contribution in [1.29, 1.82) is 0 Å². The number of anilines is 1. The number of carbonyl (C=O) groups is 1. The molecule has 0 fully saturated rings. The Hall–Kier alpha value is -1.07. The van der Waals surface area contributed by atoms with Gasteiger partial charge in [-0.25, -0.2) is 4.79 Å². The number of halogens is 1. The highest BCUT2D eigenvalue weighted by Crippen LogP contribution is 2.21. The largest absolute Gasteiger partial charge is 0.394 e. The van der Waals surface area contributed by atoms with Crippen molar-refractivity contribution in [3.05, 3.63) is 28.7 Å². The van der Waals surface area contributed by atoms with Gasteiger partial charge in [-0.2, -0.15) is 0 Å². The zero-order valence-electron chi connectivity index (χ0n) is 9.96. The number of carbonyl (C=O) groups excluding carboxylic acids is 1. The molecule has 1 aromatic rings. The van der Waals surface area contributed by atoms with Crippen molar-refractivity contribution >= 4 is 27.6 Å². The predicted molar refractivity (Wildman–Crippen MR) is 72.1 cm³/mol. The first-order valence-corrected chi connectivity index (χ1v) is 6.24. The number of nitrogens with one attached hydrogen (secondary N) is 2. The van der Waals surface area contributed by atoms with Crippen LogP contribution in [-0.4, -0.2) is 23.3 Å². The Kier molecular flexibility index (Phi) is 4.96. The quantitative estimate of drug-likeness (QED) is 0.801. The van der Waals surface area contributed by atoms with Gasteiger partial charge < -0.3 is 15.7 Å². The van der Waals surface area contributed by atoms with Gasteiger partial charge in [-0.05, 0) is 41.4 Å². The maximum absolute atomic E-state index is 11.7. The highest BCUT2D eigenvalue weighted by molar-refractivity contribution is 9.10. The van der Waals surface area contributed by atoms with Crippen LogP contribution in [0.1, 0.15) is 20.3 Å². The third kappa shape index (κ3) is 4.02. The molecular weight excluding hydrogens is 284 g/mol. The number of aliphatic hydroxyl groups excluding tert-OH is 1. The molecule has 1 rings (SSSR count). The fraction of sp³-hybridized carbons (Fsp3) is 0.417. The molecule has 0 bridgehead atoms. The summed E-state index contributed by atoms with van der Waals surface area (Å²) in [5, 5.41) is 14.7. The first-order chi connectivity index (χ1) is 8.00. The summed E-state index contributed by atoms with van der Waals surface area (Å²) >= 11 is 3.35. The van der Waals surface area contributed by atoms with Gasteiger partial charge in [0.1, 0.15) is 0 Å². The standard InChI is InChI=1S/C12H17BrN2O2/c1-3-12(2,8-16)15-11(17)14-10-7-5-4-6-9(10)13/h4-7,16H,3,8H2,1-2H3,(H2,14,15,17). The highest BCUT2D eigenvalue weighted by Gasteiger charge is 2.23. The van der Waals surface area contributed by atoms with Crippen molar-refractivity contribution in [3.63, 3.8) is 0 Å². The van der Waals surface area contributed by atoms with Gasteiger partial charge in [0.25, 0.3) is 0 Å². The van der Waals surface area contributed by atoms with Crippen LogP contribution in [0, 0.1) is 0 Å². The van der Waals surface area contributed by atoms with E-state index in [9.17, 15) is 9.90 Å². The minimum Gasteiger partial charge on any atom is -0.394 e. The minimum absolute atomic E-state index is 0.0904. The summed E-state index contributed by atoms with van der Waals surface area (Å²) < 4.78 is 0.817. The van der Waals surface area contributed by atoms with E-state index in [2.05, 4.69) is 26.6 Å². The molecule has 17 heavy (non-hydrogen) atoms. The second-order valence-corrected chi connectivity index (χ2v) is 4.99. The van der Waals surface area contributed by atoms with E-state index in [-0.39, 0.29) is 12.6 Å². The molecule has 0 spiro atoms. The molecule has 0 saturated carbocycles. The Morgan fingerprint density at radius 1 is 1.47 bits per heavy atom. The number of aliphatic hydroxyl groups is 1.